The number of halogens is 1. The Morgan fingerprint density at radius 2 is 2.00 bits per heavy atom. The molecule has 27 heavy (non-hydrogen) atoms. The summed E-state index contributed by atoms with van der Waals surface area (Å²) >= 11 is 3.20. The van der Waals surface area contributed by atoms with Crippen molar-refractivity contribution in [1.29, 1.82) is 0 Å². The molecule has 0 bridgehead atoms. The highest BCUT2D eigenvalue weighted by atomic mass is 79.9. The first-order valence-electron chi connectivity index (χ1n) is 7.86. The summed E-state index contributed by atoms with van der Waals surface area (Å²) in [7, 11) is 1.55. The van der Waals surface area contributed by atoms with E-state index < -0.39 is 11.2 Å². The maximum absolute atomic E-state index is 12.7. The van der Waals surface area contributed by atoms with Gasteiger partial charge < -0.3 is 19.8 Å². The van der Waals surface area contributed by atoms with Crippen molar-refractivity contribution in [3.63, 3.8) is 0 Å². The van der Waals surface area contributed by atoms with E-state index in [1.807, 2.05) is 0 Å². The standard InChI is InChI=1S/C18H13BrN4O4/c1-27-10-5-6-11-13(7-10)21-15-14(11)22-18(26)23(17(15)25)20-8-9-3-2-4-12(19)16(9)24/h2-8,21,24H,1H3,(H,22,26). The molecule has 0 atom stereocenters. The molecule has 0 spiro atoms. The van der Waals surface area contributed by atoms with Gasteiger partial charge in [0.15, 0.2) is 0 Å². The monoisotopic (exact) mass is 428 g/mol. The molecular weight excluding hydrogens is 416 g/mol. The van der Waals surface area contributed by atoms with Crippen LogP contribution in [0.25, 0.3) is 21.9 Å². The van der Waals surface area contributed by atoms with Crippen LogP contribution < -0.4 is 16.0 Å². The molecule has 4 rings (SSSR count). The Bertz CT molecular complexity index is 1330. The zero-order chi connectivity index (χ0) is 19.1. The van der Waals surface area contributed by atoms with Gasteiger partial charge in [-0.3, -0.25) is 4.79 Å². The summed E-state index contributed by atoms with van der Waals surface area (Å²) in [6.45, 7) is 0. The van der Waals surface area contributed by atoms with E-state index in [1.165, 1.54) is 6.21 Å². The van der Waals surface area contributed by atoms with Crippen LogP contribution >= 0.6 is 15.9 Å². The topological polar surface area (TPSA) is 112 Å². The van der Waals surface area contributed by atoms with Gasteiger partial charge in [0.05, 0.1) is 28.8 Å². The molecule has 0 unspecified atom stereocenters. The highest BCUT2D eigenvalue weighted by molar-refractivity contribution is 9.10. The summed E-state index contributed by atoms with van der Waals surface area (Å²) in [5.41, 5.74) is 0.345. The van der Waals surface area contributed by atoms with Crippen molar-refractivity contribution in [2.24, 2.45) is 5.10 Å². The minimum Gasteiger partial charge on any atom is -0.506 e. The van der Waals surface area contributed by atoms with Crippen LogP contribution in [0, 0.1) is 0 Å². The van der Waals surface area contributed by atoms with Crippen molar-refractivity contribution >= 4 is 44.1 Å². The van der Waals surface area contributed by atoms with Crippen molar-refractivity contribution < 1.29 is 9.84 Å². The molecule has 0 radical (unpaired) electrons. The first kappa shape index (κ1) is 17.1. The predicted octanol–water partition coefficient (Wildman–Crippen LogP) is 2.53. The van der Waals surface area contributed by atoms with Gasteiger partial charge in [-0.1, -0.05) is 6.07 Å². The number of nitrogens with one attached hydrogen (secondary N) is 2. The molecule has 4 aromatic rings. The third kappa shape index (κ3) is 2.81. The summed E-state index contributed by atoms with van der Waals surface area (Å²) in [4.78, 5) is 30.8. The van der Waals surface area contributed by atoms with Gasteiger partial charge in [-0.15, -0.1) is 4.68 Å². The number of nitrogens with zero attached hydrogens (tertiary/aromatic N) is 2. The molecule has 0 fully saturated rings. The molecule has 0 amide bonds. The second-order valence-corrected chi connectivity index (χ2v) is 6.61. The number of aromatic amines is 2. The number of phenolic OH excluding ortho intramolecular Hbond substituents is 1. The van der Waals surface area contributed by atoms with Crippen LogP contribution in [0.1, 0.15) is 5.56 Å². The first-order chi connectivity index (χ1) is 13.0. The van der Waals surface area contributed by atoms with Gasteiger partial charge in [0, 0.05) is 17.0 Å². The molecule has 136 valence electrons. The SMILES string of the molecule is COc1ccc2c(c1)[nH]c1c(=O)n(N=Cc3cccc(Br)c3O)c(=O)[nH]c12. The Labute approximate surface area is 159 Å². The number of aromatic hydroxyl groups is 1. The molecule has 2 aromatic carbocycles. The number of H-pyrrole nitrogens is 2. The van der Waals surface area contributed by atoms with Crippen LogP contribution in [0.5, 0.6) is 11.5 Å². The smallest absolute Gasteiger partial charge is 0.350 e. The van der Waals surface area contributed by atoms with Gasteiger partial charge in [0.2, 0.25) is 0 Å². The van der Waals surface area contributed by atoms with Gasteiger partial charge in [0.25, 0.3) is 0 Å². The minimum atomic E-state index is -0.685. The Hall–Kier alpha value is -3.33. The number of benzene rings is 2. The van der Waals surface area contributed by atoms with E-state index in [9.17, 15) is 14.7 Å². The maximum atomic E-state index is 12.7. The number of phenols is 1. The van der Waals surface area contributed by atoms with Crippen molar-refractivity contribution in [2.45, 2.75) is 0 Å². The number of fused-ring (bicyclic) bond motifs is 3. The predicted molar refractivity (Wildman–Crippen MR) is 106 cm³/mol. The van der Waals surface area contributed by atoms with Gasteiger partial charge >= 0.3 is 11.2 Å². The number of aromatic nitrogens is 3. The Kier molecular flexibility index (Phi) is 4.08. The molecule has 0 saturated carbocycles. The van der Waals surface area contributed by atoms with E-state index in [4.69, 9.17) is 4.74 Å². The van der Waals surface area contributed by atoms with Crippen LogP contribution in [0.4, 0.5) is 0 Å². The Morgan fingerprint density at radius 1 is 1.19 bits per heavy atom. The maximum Gasteiger partial charge on any atom is 0.350 e. The largest absolute Gasteiger partial charge is 0.506 e. The summed E-state index contributed by atoms with van der Waals surface area (Å²) < 4.78 is 6.36. The van der Waals surface area contributed by atoms with E-state index >= 15 is 0 Å². The van der Waals surface area contributed by atoms with Crippen LogP contribution in [0.2, 0.25) is 0 Å². The zero-order valence-electron chi connectivity index (χ0n) is 14.0. The molecule has 0 aliphatic heterocycles. The van der Waals surface area contributed by atoms with E-state index in [2.05, 4.69) is 31.0 Å². The molecule has 0 aliphatic rings. The van der Waals surface area contributed by atoms with Crippen LogP contribution in [0.3, 0.4) is 0 Å². The lowest BCUT2D eigenvalue weighted by Gasteiger charge is -2.01. The fraction of sp³-hybridized carbons (Fsp3) is 0.0556. The number of ether oxygens (including phenoxy) is 1. The molecule has 0 saturated heterocycles. The average Bonchev–Trinajstić information content (AvgIpc) is 3.02. The normalized spacial score (nSPS) is 11.6. The number of para-hydroxylation sites is 1. The second kappa shape index (κ2) is 6.44. The van der Waals surface area contributed by atoms with Crippen molar-refractivity contribution in [3.05, 3.63) is 67.3 Å². The molecule has 3 N–H and O–H groups in total. The third-order valence-corrected chi connectivity index (χ3v) is 4.81. The van der Waals surface area contributed by atoms with E-state index in [0.29, 0.717) is 36.9 Å². The average molecular weight is 429 g/mol. The van der Waals surface area contributed by atoms with Gasteiger partial charge in [0.1, 0.15) is 17.0 Å². The van der Waals surface area contributed by atoms with Gasteiger partial charge in [-0.25, -0.2) is 4.79 Å². The van der Waals surface area contributed by atoms with Crippen molar-refractivity contribution in [3.8, 4) is 11.5 Å². The summed E-state index contributed by atoms with van der Waals surface area (Å²) in [5.74, 6) is 0.587. The van der Waals surface area contributed by atoms with Crippen LogP contribution in [0.15, 0.2) is 55.6 Å². The van der Waals surface area contributed by atoms with E-state index in [-0.39, 0.29) is 11.3 Å². The first-order valence-corrected chi connectivity index (χ1v) is 8.65. The summed E-state index contributed by atoms with van der Waals surface area (Å²) in [6.07, 6.45) is 1.24. The molecule has 2 aromatic heterocycles. The summed E-state index contributed by atoms with van der Waals surface area (Å²) in [6, 6.07) is 10.2. The van der Waals surface area contributed by atoms with Crippen LogP contribution in [-0.2, 0) is 0 Å². The lowest BCUT2D eigenvalue weighted by molar-refractivity contribution is 0.415. The van der Waals surface area contributed by atoms with Crippen molar-refractivity contribution in [2.75, 3.05) is 7.11 Å². The minimum absolute atomic E-state index is 0.0375. The lowest BCUT2D eigenvalue weighted by atomic mass is 10.2. The molecule has 2 heterocycles. The van der Waals surface area contributed by atoms with Gasteiger partial charge in [-0.05, 0) is 40.2 Å². The van der Waals surface area contributed by atoms with E-state index in [1.54, 1.807) is 43.5 Å². The molecule has 9 heteroatoms. The van der Waals surface area contributed by atoms with Crippen molar-refractivity contribution in [1.82, 2.24) is 14.6 Å². The molecule has 0 aliphatic carbocycles. The zero-order valence-corrected chi connectivity index (χ0v) is 15.6. The lowest BCUT2D eigenvalue weighted by Crippen LogP contribution is -2.32. The second-order valence-electron chi connectivity index (χ2n) is 5.76. The molecular formula is C18H13BrN4O4. The fourth-order valence-corrected chi connectivity index (χ4v) is 3.19. The quantitative estimate of drug-likeness (QED) is 0.435. The molecule has 8 nitrogen and oxygen atoms in total. The van der Waals surface area contributed by atoms with Crippen LogP contribution in [-0.4, -0.2) is 33.1 Å². The van der Waals surface area contributed by atoms with E-state index in [0.717, 1.165) is 0 Å². The number of rotatable bonds is 3. The third-order valence-electron chi connectivity index (χ3n) is 4.17. The Balaban J connectivity index is 1.90. The highest BCUT2D eigenvalue weighted by Crippen LogP contribution is 2.26. The number of methoxy groups -OCH3 is 1. The number of hydrogen-bond acceptors (Lipinski definition) is 5. The fourth-order valence-electron chi connectivity index (χ4n) is 2.81. The Morgan fingerprint density at radius 3 is 2.78 bits per heavy atom. The highest BCUT2D eigenvalue weighted by Gasteiger charge is 2.13. The number of hydrogen-bond donors (Lipinski definition) is 3. The summed E-state index contributed by atoms with van der Waals surface area (Å²) in [5, 5.41) is 14.6. The van der Waals surface area contributed by atoms with Gasteiger partial charge in [-0.2, -0.15) is 5.10 Å².